The summed E-state index contributed by atoms with van der Waals surface area (Å²) >= 11 is 0. The van der Waals surface area contributed by atoms with E-state index in [1.54, 1.807) is 0 Å². The van der Waals surface area contributed by atoms with Gasteiger partial charge in [0.2, 0.25) is 6.41 Å². The summed E-state index contributed by atoms with van der Waals surface area (Å²) in [6, 6.07) is 5.91. The topological polar surface area (TPSA) is 81.4 Å². The van der Waals surface area contributed by atoms with Crippen LogP contribution in [0.15, 0.2) is 28.9 Å². The molecule has 3 fully saturated rings. The Bertz CT molecular complexity index is 923. The molecule has 0 spiro atoms. The fraction of sp³-hybridized carbons (Fsp3) is 0.645. The van der Waals surface area contributed by atoms with Gasteiger partial charge in [-0.25, -0.2) is 0 Å². The van der Waals surface area contributed by atoms with Crippen LogP contribution in [0.25, 0.3) is 0 Å². The lowest BCUT2D eigenvalue weighted by Crippen LogP contribution is -2.23. The highest BCUT2D eigenvalue weighted by atomic mass is 16.5. The van der Waals surface area contributed by atoms with Crippen LogP contribution in [0.5, 0.6) is 0 Å². The molecule has 3 saturated carbocycles. The molecule has 0 saturated heterocycles. The zero-order valence-corrected chi connectivity index (χ0v) is 23.8. The summed E-state index contributed by atoms with van der Waals surface area (Å²) in [7, 11) is 1.31. The van der Waals surface area contributed by atoms with E-state index in [4.69, 9.17) is 9.32 Å². The van der Waals surface area contributed by atoms with Crippen LogP contribution in [-0.4, -0.2) is 25.1 Å². The SMILES string of the molecule is CC(C)CC1CC(c2oncc2C2CC2)C1.CC1CCCC1.COC=O.Cc1ccc(NC=O)c(C)c1. The Morgan fingerprint density at radius 1 is 1.08 bits per heavy atom. The van der Waals surface area contributed by atoms with Gasteiger partial charge in [-0.3, -0.25) is 9.59 Å². The normalized spacial score (nSPS) is 20.2. The van der Waals surface area contributed by atoms with Gasteiger partial charge in [-0.1, -0.05) is 69.3 Å². The van der Waals surface area contributed by atoms with E-state index in [0.717, 1.165) is 34.9 Å². The summed E-state index contributed by atoms with van der Waals surface area (Å²) < 4.78 is 9.33. The maximum absolute atomic E-state index is 10.1. The van der Waals surface area contributed by atoms with Gasteiger partial charge in [-0.2, -0.15) is 0 Å². The number of hydrogen-bond acceptors (Lipinski definition) is 5. The Balaban J connectivity index is 0.000000198. The molecule has 1 aromatic carbocycles. The number of aromatic nitrogens is 1. The maximum Gasteiger partial charge on any atom is 0.292 e. The van der Waals surface area contributed by atoms with Gasteiger partial charge in [0.1, 0.15) is 5.76 Å². The van der Waals surface area contributed by atoms with Crippen molar-refractivity contribution in [2.24, 2.45) is 17.8 Å². The fourth-order valence-electron chi connectivity index (χ4n) is 5.25. The largest absolute Gasteiger partial charge is 0.471 e. The summed E-state index contributed by atoms with van der Waals surface area (Å²) in [4.78, 5) is 19.1. The molecule has 0 bridgehead atoms. The smallest absolute Gasteiger partial charge is 0.292 e. The second-order valence-electron chi connectivity index (χ2n) is 11.4. The summed E-state index contributed by atoms with van der Waals surface area (Å²) in [5.74, 6) is 5.51. The zero-order valence-electron chi connectivity index (χ0n) is 23.8. The first-order chi connectivity index (χ1) is 17.8. The minimum atomic E-state index is 0.375. The predicted octanol–water partition coefficient (Wildman–Crippen LogP) is 7.95. The number of nitrogens with one attached hydrogen (secondary N) is 1. The van der Waals surface area contributed by atoms with Crippen molar-refractivity contribution in [3.05, 3.63) is 46.8 Å². The number of hydrogen-bond donors (Lipinski definition) is 1. The molecule has 5 rings (SSSR count). The maximum atomic E-state index is 10.1. The fourth-order valence-corrected chi connectivity index (χ4v) is 5.25. The number of anilines is 1. The Kier molecular flexibility index (Phi) is 13.4. The Morgan fingerprint density at radius 3 is 2.19 bits per heavy atom. The van der Waals surface area contributed by atoms with Crippen molar-refractivity contribution < 1.29 is 18.8 Å². The van der Waals surface area contributed by atoms with E-state index in [1.807, 2.05) is 38.2 Å². The lowest BCUT2D eigenvalue weighted by molar-refractivity contribution is -0.126. The molecule has 1 N–H and O–H groups in total. The Hall–Kier alpha value is -2.63. The number of benzene rings is 1. The van der Waals surface area contributed by atoms with E-state index in [-0.39, 0.29) is 0 Å². The van der Waals surface area contributed by atoms with Crippen LogP contribution in [0.3, 0.4) is 0 Å². The Morgan fingerprint density at radius 2 is 1.73 bits per heavy atom. The molecule has 3 aliphatic carbocycles. The van der Waals surface area contributed by atoms with Crippen LogP contribution in [-0.2, 0) is 14.3 Å². The van der Waals surface area contributed by atoms with Crippen molar-refractivity contribution in [3.8, 4) is 0 Å². The number of rotatable bonds is 7. The highest BCUT2D eigenvalue weighted by molar-refractivity contribution is 5.73. The van der Waals surface area contributed by atoms with Crippen LogP contribution in [0, 0.1) is 31.6 Å². The van der Waals surface area contributed by atoms with E-state index in [0.29, 0.717) is 18.8 Å². The van der Waals surface area contributed by atoms with Gasteiger partial charge in [0.25, 0.3) is 6.47 Å². The molecular formula is C31H48N2O4. The summed E-state index contributed by atoms with van der Waals surface area (Å²) in [5.41, 5.74) is 4.61. The third-order valence-electron chi connectivity index (χ3n) is 7.39. The second-order valence-corrected chi connectivity index (χ2v) is 11.4. The molecule has 0 unspecified atom stereocenters. The average molecular weight is 513 g/mol. The number of nitrogens with zero attached hydrogens (tertiary/aromatic N) is 1. The summed E-state index contributed by atoms with van der Waals surface area (Å²) in [6.45, 7) is 11.3. The van der Waals surface area contributed by atoms with Crippen molar-refractivity contribution in [1.29, 1.82) is 0 Å². The van der Waals surface area contributed by atoms with Gasteiger partial charge in [-0.05, 0) is 81.3 Å². The second kappa shape index (κ2) is 16.3. The average Bonchev–Trinajstić information content (AvgIpc) is 3.37. The van der Waals surface area contributed by atoms with Gasteiger partial charge in [0, 0.05) is 17.2 Å². The highest BCUT2D eigenvalue weighted by Gasteiger charge is 2.38. The van der Waals surface area contributed by atoms with Crippen molar-refractivity contribution >= 4 is 18.6 Å². The zero-order chi connectivity index (χ0) is 27.2. The molecule has 0 radical (unpaired) electrons. The van der Waals surface area contributed by atoms with E-state index >= 15 is 0 Å². The monoisotopic (exact) mass is 512 g/mol. The molecule has 0 atom stereocenters. The molecule has 2 aromatic rings. The third kappa shape index (κ3) is 11.1. The molecule has 6 heteroatoms. The van der Waals surface area contributed by atoms with Crippen LogP contribution in [0.1, 0.15) is 113 Å². The highest BCUT2D eigenvalue weighted by Crippen LogP contribution is 2.50. The van der Waals surface area contributed by atoms with Crippen LogP contribution < -0.4 is 5.32 Å². The number of methoxy groups -OCH3 is 1. The van der Waals surface area contributed by atoms with Crippen LogP contribution in [0.4, 0.5) is 5.69 Å². The van der Waals surface area contributed by atoms with E-state index in [9.17, 15) is 4.79 Å². The van der Waals surface area contributed by atoms with E-state index in [2.05, 4.69) is 36.0 Å². The van der Waals surface area contributed by atoms with Crippen molar-refractivity contribution in [2.45, 2.75) is 104 Å². The molecule has 37 heavy (non-hydrogen) atoms. The standard InChI is InChI=1S/C14H21NO.C9H11NO.C6H12.C2H4O2/c1-9(2)5-10-6-12(7-10)14-13(8-15-16-14)11-3-4-11;1-7-3-4-9(10-6-11)8(2)5-7;1-6-4-2-3-5-6;1-4-2-3/h8-12H,3-7H2,1-2H3;3-6H,1-2H3,(H,10,11);6H,2-5H2,1H3;2H,1H3. The third-order valence-corrected chi connectivity index (χ3v) is 7.39. The molecule has 1 heterocycles. The quantitative estimate of drug-likeness (QED) is 0.381. The van der Waals surface area contributed by atoms with Crippen LogP contribution in [0.2, 0.25) is 0 Å². The number of carbonyl (C=O) groups is 2. The molecule has 3 aliphatic rings. The number of ether oxygens (including phenoxy) is 1. The molecule has 206 valence electrons. The minimum Gasteiger partial charge on any atom is -0.471 e. The van der Waals surface area contributed by atoms with Gasteiger partial charge in [0.15, 0.2) is 0 Å². The molecule has 1 amide bonds. The first-order valence-electron chi connectivity index (χ1n) is 14.0. The van der Waals surface area contributed by atoms with Gasteiger partial charge < -0.3 is 14.6 Å². The number of carbonyl (C=O) groups excluding carboxylic acids is 2. The molecular weight excluding hydrogens is 464 g/mol. The van der Waals surface area contributed by atoms with Gasteiger partial charge in [0.05, 0.1) is 13.3 Å². The first-order valence-corrected chi connectivity index (χ1v) is 14.0. The minimum absolute atomic E-state index is 0.375. The van der Waals surface area contributed by atoms with E-state index < -0.39 is 0 Å². The molecule has 6 nitrogen and oxygen atoms in total. The van der Waals surface area contributed by atoms with Crippen molar-refractivity contribution in [2.75, 3.05) is 12.4 Å². The number of amides is 1. The lowest BCUT2D eigenvalue weighted by Gasteiger charge is -2.35. The van der Waals surface area contributed by atoms with Gasteiger partial charge >= 0.3 is 0 Å². The molecule has 1 aromatic heterocycles. The summed E-state index contributed by atoms with van der Waals surface area (Å²) in [5, 5.41) is 6.62. The summed E-state index contributed by atoms with van der Waals surface area (Å²) in [6.07, 6.45) is 15.3. The number of aryl methyl sites for hydroxylation is 2. The first kappa shape index (κ1) is 30.6. The Labute approximate surface area is 223 Å². The predicted molar refractivity (Wildman–Crippen MR) is 150 cm³/mol. The van der Waals surface area contributed by atoms with Crippen molar-refractivity contribution in [1.82, 2.24) is 5.16 Å². The van der Waals surface area contributed by atoms with E-state index in [1.165, 1.54) is 81.8 Å². The van der Waals surface area contributed by atoms with Crippen LogP contribution >= 0.6 is 0 Å². The molecule has 0 aliphatic heterocycles. The lowest BCUT2D eigenvalue weighted by atomic mass is 9.69. The van der Waals surface area contributed by atoms with Gasteiger partial charge in [-0.15, -0.1) is 0 Å². The van der Waals surface area contributed by atoms with Crippen molar-refractivity contribution in [3.63, 3.8) is 0 Å².